The van der Waals surface area contributed by atoms with Gasteiger partial charge in [0.25, 0.3) is 10.2 Å². The van der Waals surface area contributed by atoms with Gasteiger partial charge in [0, 0.05) is 7.05 Å². The third-order valence-electron chi connectivity index (χ3n) is 2.50. The maximum Gasteiger partial charge on any atom is 0.341 e. The summed E-state index contributed by atoms with van der Waals surface area (Å²) in [7, 11) is -2.64. The fourth-order valence-electron chi connectivity index (χ4n) is 1.55. The fraction of sp³-hybridized carbons (Fsp3) is 0.0909. The molecule has 0 saturated carbocycles. The van der Waals surface area contributed by atoms with Crippen molar-refractivity contribution >= 4 is 22.0 Å². The monoisotopic (exact) mass is 296 g/mol. The van der Waals surface area contributed by atoms with E-state index in [9.17, 15) is 13.2 Å². The van der Waals surface area contributed by atoms with Crippen molar-refractivity contribution in [3.8, 4) is 5.69 Å². The second kappa shape index (κ2) is 5.31. The van der Waals surface area contributed by atoms with Gasteiger partial charge in [0.1, 0.15) is 5.56 Å². The number of carboxylic acid groups (broad SMARTS) is 1. The zero-order valence-corrected chi connectivity index (χ0v) is 11.3. The van der Waals surface area contributed by atoms with Crippen LogP contribution in [0.3, 0.4) is 0 Å². The normalized spacial score (nSPS) is 11.2. The Bertz CT molecular complexity index is 724. The number of aromatic nitrogens is 2. The topological polar surface area (TPSA) is 113 Å². The lowest BCUT2D eigenvalue weighted by Crippen LogP contribution is -2.28. The molecule has 0 unspecified atom stereocenters. The Labute approximate surface area is 115 Å². The minimum absolute atomic E-state index is 0.141. The molecule has 1 heterocycles. The van der Waals surface area contributed by atoms with E-state index >= 15 is 0 Å². The first-order valence-corrected chi connectivity index (χ1v) is 7.01. The smallest absolute Gasteiger partial charge is 0.341 e. The Morgan fingerprint density at radius 3 is 2.50 bits per heavy atom. The van der Waals surface area contributed by atoms with Gasteiger partial charge in [-0.2, -0.15) is 13.5 Å². The summed E-state index contributed by atoms with van der Waals surface area (Å²) in [6.07, 6.45) is 1.09. The van der Waals surface area contributed by atoms with Crippen LogP contribution in [0.2, 0.25) is 0 Å². The number of carbonyl (C=O) groups is 1. The molecular formula is C11H12N4O4S. The lowest BCUT2D eigenvalue weighted by atomic mass is 10.3. The van der Waals surface area contributed by atoms with Crippen LogP contribution in [0.15, 0.2) is 36.5 Å². The molecule has 8 nitrogen and oxygen atoms in total. The lowest BCUT2D eigenvalue weighted by molar-refractivity contribution is 0.0698. The predicted octanol–water partition coefficient (Wildman–Crippen LogP) is 0.447. The van der Waals surface area contributed by atoms with Crippen molar-refractivity contribution in [3.05, 3.63) is 42.1 Å². The maximum atomic E-state index is 11.6. The summed E-state index contributed by atoms with van der Waals surface area (Å²) in [5, 5.41) is 13.0. The molecule has 0 saturated heterocycles. The summed E-state index contributed by atoms with van der Waals surface area (Å²) in [6, 6.07) is 8.59. The van der Waals surface area contributed by atoms with E-state index in [1.54, 1.807) is 30.3 Å². The van der Waals surface area contributed by atoms with Crippen LogP contribution in [0.1, 0.15) is 10.4 Å². The molecule has 9 heteroatoms. The Balaban J connectivity index is 2.57. The minimum atomic E-state index is -3.85. The third-order valence-corrected chi connectivity index (χ3v) is 3.50. The molecule has 0 aliphatic heterocycles. The molecule has 0 radical (unpaired) electrons. The first kappa shape index (κ1) is 14.0. The maximum absolute atomic E-state index is 11.6. The number of rotatable bonds is 5. The van der Waals surface area contributed by atoms with Crippen LogP contribution in [0.5, 0.6) is 0 Å². The van der Waals surface area contributed by atoms with Crippen molar-refractivity contribution in [1.29, 1.82) is 0 Å². The van der Waals surface area contributed by atoms with Gasteiger partial charge >= 0.3 is 5.97 Å². The number of hydrogen-bond acceptors (Lipinski definition) is 4. The van der Waals surface area contributed by atoms with Gasteiger partial charge < -0.3 is 5.11 Å². The van der Waals surface area contributed by atoms with Gasteiger partial charge in [-0.3, -0.25) is 4.72 Å². The molecule has 1 aromatic carbocycles. The van der Waals surface area contributed by atoms with Crippen LogP contribution in [0, 0.1) is 0 Å². The number of para-hydroxylation sites is 1. The molecule has 0 fully saturated rings. The zero-order chi connectivity index (χ0) is 14.8. The third kappa shape index (κ3) is 2.78. The molecule has 0 aliphatic rings. The second-order valence-corrected chi connectivity index (χ2v) is 5.39. The largest absolute Gasteiger partial charge is 0.477 e. The summed E-state index contributed by atoms with van der Waals surface area (Å²) < 4.78 is 28.5. The van der Waals surface area contributed by atoms with Crippen LogP contribution in [0.25, 0.3) is 5.69 Å². The average Bonchev–Trinajstić information content (AvgIpc) is 2.83. The van der Waals surface area contributed by atoms with Gasteiger partial charge in [-0.25, -0.2) is 14.2 Å². The summed E-state index contributed by atoms with van der Waals surface area (Å²) in [5.74, 6) is -1.42. The van der Waals surface area contributed by atoms with Crippen molar-refractivity contribution in [2.75, 3.05) is 11.8 Å². The van der Waals surface area contributed by atoms with E-state index in [2.05, 4.69) is 14.5 Å². The first-order valence-electron chi connectivity index (χ1n) is 5.52. The molecule has 3 N–H and O–H groups in total. The highest BCUT2D eigenvalue weighted by molar-refractivity contribution is 7.90. The van der Waals surface area contributed by atoms with Gasteiger partial charge in [-0.15, -0.1) is 0 Å². The standard InChI is InChI=1S/C11H12N4O4S/c1-12-20(18,19)14-10-9(11(16)17)7-13-15(10)8-5-3-2-4-6-8/h2-7,12,14H,1H3,(H,16,17). The van der Waals surface area contributed by atoms with Crippen molar-refractivity contribution in [1.82, 2.24) is 14.5 Å². The molecule has 106 valence electrons. The second-order valence-electron chi connectivity index (χ2n) is 3.77. The summed E-state index contributed by atoms with van der Waals surface area (Å²) in [5.41, 5.74) is 0.293. The summed E-state index contributed by atoms with van der Waals surface area (Å²) in [4.78, 5) is 11.1. The lowest BCUT2D eigenvalue weighted by Gasteiger charge is -2.10. The highest BCUT2D eigenvalue weighted by atomic mass is 32.2. The van der Waals surface area contributed by atoms with Gasteiger partial charge in [0.15, 0.2) is 5.82 Å². The van der Waals surface area contributed by atoms with Gasteiger partial charge in [0.2, 0.25) is 0 Å². The average molecular weight is 296 g/mol. The molecule has 0 atom stereocenters. The van der Waals surface area contributed by atoms with Crippen molar-refractivity contribution in [3.63, 3.8) is 0 Å². The molecule has 2 aromatic rings. The Hall–Kier alpha value is -2.39. The van der Waals surface area contributed by atoms with Crippen molar-refractivity contribution in [2.45, 2.75) is 0 Å². The number of aromatic carboxylic acids is 1. The Morgan fingerprint density at radius 2 is 1.95 bits per heavy atom. The number of benzene rings is 1. The van der Waals surface area contributed by atoms with Crippen LogP contribution in [-0.4, -0.2) is 36.3 Å². The number of nitrogens with one attached hydrogen (secondary N) is 2. The van der Waals surface area contributed by atoms with Gasteiger partial charge in [0.05, 0.1) is 11.9 Å². The number of hydrogen-bond donors (Lipinski definition) is 3. The molecule has 2 rings (SSSR count). The van der Waals surface area contributed by atoms with E-state index in [1.807, 2.05) is 0 Å². The van der Waals surface area contributed by atoms with Gasteiger partial charge in [-0.05, 0) is 12.1 Å². The Kier molecular flexibility index (Phi) is 3.72. The van der Waals surface area contributed by atoms with E-state index in [0.29, 0.717) is 5.69 Å². The van der Waals surface area contributed by atoms with Crippen molar-refractivity contribution < 1.29 is 18.3 Å². The molecule has 0 spiro atoms. The summed E-state index contributed by atoms with van der Waals surface area (Å²) in [6.45, 7) is 0. The fourth-order valence-corrected chi connectivity index (χ4v) is 2.10. The van der Waals surface area contributed by atoms with E-state index in [4.69, 9.17) is 5.11 Å². The molecule has 0 bridgehead atoms. The molecule has 0 aliphatic carbocycles. The van der Waals surface area contributed by atoms with Crippen molar-refractivity contribution in [2.24, 2.45) is 0 Å². The predicted molar refractivity (Wildman–Crippen MR) is 72.1 cm³/mol. The zero-order valence-electron chi connectivity index (χ0n) is 10.4. The molecule has 0 amide bonds. The van der Waals surface area contributed by atoms with E-state index in [0.717, 1.165) is 6.20 Å². The number of carboxylic acids is 1. The van der Waals surface area contributed by atoms with Crippen LogP contribution in [0.4, 0.5) is 5.82 Å². The summed E-state index contributed by atoms with van der Waals surface area (Å²) >= 11 is 0. The molecule has 1 aromatic heterocycles. The van der Waals surface area contributed by atoms with Gasteiger partial charge in [-0.1, -0.05) is 18.2 Å². The Morgan fingerprint density at radius 1 is 1.30 bits per heavy atom. The van der Waals surface area contributed by atoms with E-state index in [-0.39, 0.29) is 11.4 Å². The van der Waals surface area contributed by atoms with Crippen LogP contribution < -0.4 is 9.44 Å². The van der Waals surface area contributed by atoms with E-state index < -0.39 is 16.2 Å². The molecular weight excluding hydrogens is 284 g/mol. The number of nitrogens with zero attached hydrogens (tertiary/aromatic N) is 2. The highest BCUT2D eigenvalue weighted by Crippen LogP contribution is 2.21. The van der Waals surface area contributed by atoms with Crippen LogP contribution >= 0.6 is 0 Å². The van der Waals surface area contributed by atoms with E-state index in [1.165, 1.54) is 11.7 Å². The quantitative estimate of drug-likeness (QED) is 0.741. The number of anilines is 1. The van der Waals surface area contributed by atoms with Crippen LogP contribution in [-0.2, 0) is 10.2 Å². The minimum Gasteiger partial charge on any atom is -0.477 e. The highest BCUT2D eigenvalue weighted by Gasteiger charge is 2.21. The first-order chi connectivity index (χ1) is 9.44. The SMILES string of the molecule is CNS(=O)(=O)Nc1c(C(=O)O)cnn1-c1ccccc1. The molecule has 20 heavy (non-hydrogen) atoms.